The highest BCUT2D eigenvalue weighted by molar-refractivity contribution is 5.97. The van der Waals surface area contributed by atoms with Crippen molar-refractivity contribution in [2.45, 2.75) is 19.4 Å². The Hall–Kier alpha value is -1.59. The van der Waals surface area contributed by atoms with E-state index in [9.17, 15) is 9.59 Å². The molecule has 1 unspecified atom stereocenters. The third kappa shape index (κ3) is 5.33. The zero-order valence-electron chi connectivity index (χ0n) is 9.47. The number of aryl methyl sites for hydroxylation is 1. The van der Waals surface area contributed by atoms with Crippen LogP contribution in [0.25, 0.3) is 0 Å². The summed E-state index contributed by atoms with van der Waals surface area (Å²) in [6.07, 6.45) is -0.155. The van der Waals surface area contributed by atoms with E-state index >= 15 is 0 Å². The lowest BCUT2D eigenvalue weighted by molar-refractivity contribution is -0.123. The topological polar surface area (TPSA) is 98.2 Å². The van der Waals surface area contributed by atoms with Gasteiger partial charge in [0.15, 0.2) is 0 Å². The number of hydrogen-bond donors (Lipinski definition) is 3. The normalized spacial score (nSPS) is 11.2. The lowest BCUT2D eigenvalue weighted by Gasteiger charge is -2.10. The number of anilines is 1. The summed E-state index contributed by atoms with van der Waals surface area (Å²) < 4.78 is 0. The fraction of sp³-hybridized carbons (Fsp3) is 0.273. The molecule has 0 saturated heterocycles. The number of amides is 2. The predicted molar refractivity (Wildman–Crippen MR) is 68.8 cm³/mol. The molecule has 0 saturated carbocycles. The zero-order chi connectivity index (χ0) is 12.1. The van der Waals surface area contributed by atoms with E-state index in [1.165, 1.54) is 0 Å². The van der Waals surface area contributed by atoms with Crippen molar-refractivity contribution in [1.29, 1.82) is 0 Å². The van der Waals surface area contributed by atoms with Crippen molar-refractivity contribution >= 4 is 29.9 Å². The average molecular weight is 258 g/mol. The second-order valence-electron chi connectivity index (χ2n) is 3.63. The van der Waals surface area contributed by atoms with Crippen LogP contribution in [0.4, 0.5) is 5.69 Å². The first-order valence-electron chi connectivity index (χ1n) is 4.90. The minimum atomic E-state index is -0.904. The van der Waals surface area contributed by atoms with E-state index < -0.39 is 17.9 Å². The number of carbonyl (C=O) groups excluding carboxylic acids is 2. The van der Waals surface area contributed by atoms with Gasteiger partial charge in [0.05, 0.1) is 12.5 Å². The van der Waals surface area contributed by atoms with Crippen LogP contribution in [-0.2, 0) is 9.59 Å². The molecule has 0 aliphatic carbocycles. The Kier molecular flexibility index (Phi) is 6.23. The SMILES string of the molecule is Cc1ccc(NC(=O)C(N)CC(N)=O)cc1.Cl. The van der Waals surface area contributed by atoms with Gasteiger partial charge in [-0.25, -0.2) is 0 Å². The van der Waals surface area contributed by atoms with E-state index in [0.717, 1.165) is 5.56 Å². The summed E-state index contributed by atoms with van der Waals surface area (Å²) >= 11 is 0. The Morgan fingerprint density at radius 3 is 2.29 bits per heavy atom. The molecule has 0 spiro atoms. The van der Waals surface area contributed by atoms with Gasteiger partial charge in [-0.2, -0.15) is 0 Å². The van der Waals surface area contributed by atoms with Crippen LogP contribution >= 0.6 is 12.4 Å². The molecule has 6 heteroatoms. The number of primary amides is 1. The van der Waals surface area contributed by atoms with Crippen LogP contribution in [0.5, 0.6) is 0 Å². The predicted octanol–water partition coefficient (Wildman–Crippen LogP) is 0.558. The number of nitrogens with one attached hydrogen (secondary N) is 1. The lowest BCUT2D eigenvalue weighted by Crippen LogP contribution is -2.38. The zero-order valence-corrected chi connectivity index (χ0v) is 10.3. The number of carbonyl (C=O) groups is 2. The number of rotatable bonds is 4. The van der Waals surface area contributed by atoms with E-state index in [1.54, 1.807) is 12.1 Å². The summed E-state index contributed by atoms with van der Waals surface area (Å²) in [5, 5.41) is 2.60. The van der Waals surface area contributed by atoms with Crippen LogP contribution in [0, 0.1) is 6.92 Å². The fourth-order valence-corrected chi connectivity index (χ4v) is 1.18. The summed E-state index contributed by atoms with van der Waals surface area (Å²) in [7, 11) is 0. The summed E-state index contributed by atoms with van der Waals surface area (Å²) in [6.45, 7) is 1.95. The minimum absolute atomic E-state index is 0. The van der Waals surface area contributed by atoms with E-state index in [0.29, 0.717) is 5.69 Å². The molecule has 1 rings (SSSR count). The molecule has 0 aromatic heterocycles. The molecule has 0 fully saturated rings. The highest BCUT2D eigenvalue weighted by Crippen LogP contribution is 2.08. The smallest absolute Gasteiger partial charge is 0.241 e. The van der Waals surface area contributed by atoms with E-state index in [1.807, 2.05) is 19.1 Å². The third-order valence-corrected chi connectivity index (χ3v) is 2.08. The molecular weight excluding hydrogens is 242 g/mol. The summed E-state index contributed by atoms with van der Waals surface area (Å²) in [5.41, 5.74) is 12.2. The largest absolute Gasteiger partial charge is 0.370 e. The summed E-state index contributed by atoms with van der Waals surface area (Å²) in [5.74, 6) is -1.01. The first kappa shape index (κ1) is 15.4. The molecule has 17 heavy (non-hydrogen) atoms. The van der Waals surface area contributed by atoms with Crippen molar-refractivity contribution in [3.8, 4) is 0 Å². The van der Waals surface area contributed by atoms with Crippen LogP contribution in [0.15, 0.2) is 24.3 Å². The van der Waals surface area contributed by atoms with Gasteiger partial charge in [-0.3, -0.25) is 9.59 Å². The van der Waals surface area contributed by atoms with Crippen LogP contribution in [0.1, 0.15) is 12.0 Å². The molecule has 94 valence electrons. The monoisotopic (exact) mass is 257 g/mol. The third-order valence-electron chi connectivity index (χ3n) is 2.08. The molecule has 0 bridgehead atoms. The second-order valence-corrected chi connectivity index (χ2v) is 3.63. The molecule has 0 aliphatic heterocycles. The Labute approximate surface area is 106 Å². The lowest BCUT2D eigenvalue weighted by atomic mass is 10.2. The standard InChI is InChI=1S/C11H15N3O2.ClH/c1-7-2-4-8(5-3-7)14-11(16)9(12)6-10(13)15;/h2-5,9H,6,12H2,1H3,(H2,13,15)(H,14,16);1H. The number of benzene rings is 1. The highest BCUT2D eigenvalue weighted by atomic mass is 35.5. The maximum Gasteiger partial charge on any atom is 0.241 e. The first-order valence-corrected chi connectivity index (χ1v) is 4.90. The molecule has 0 heterocycles. The van der Waals surface area contributed by atoms with E-state index in [-0.39, 0.29) is 18.8 Å². The maximum atomic E-state index is 11.5. The number of halogens is 1. The molecule has 5 N–H and O–H groups in total. The van der Waals surface area contributed by atoms with Gasteiger partial charge < -0.3 is 16.8 Å². The number of hydrogen-bond acceptors (Lipinski definition) is 3. The molecular formula is C11H16ClN3O2. The van der Waals surface area contributed by atoms with Gasteiger partial charge in [0.25, 0.3) is 0 Å². The van der Waals surface area contributed by atoms with Gasteiger partial charge in [0.1, 0.15) is 0 Å². The highest BCUT2D eigenvalue weighted by Gasteiger charge is 2.15. The Balaban J connectivity index is 0.00000256. The van der Waals surface area contributed by atoms with Crippen LogP contribution in [-0.4, -0.2) is 17.9 Å². The molecule has 0 aliphatic rings. The summed E-state index contributed by atoms with van der Waals surface area (Å²) in [4.78, 5) is 22.1. The van der Waals surface area contributed by atoms with E-state index in [4.69, 9.17) is 11.5 Å². The van der Waals surface area contributed by atoms with Crippen molar-refractivity contribution in [2.24, 2.45) is 11.5 Å². The molecule has 1 atom stereocenters. The number of nitrogens with two attached hydrogens (primary N) is 2. The Morgan fingerprint density at radius 2 is 1.82 bits per heavy atom. The van der Waals surface area contributed by atoms with Gasteiger partial charge in [0.2, 0.25) is 11.8 Å². The van der Waals surface area contributed by atoms with Crippen LogP contribution < -0.4 is 16.8 Å². The maximum absolute atomic E-state index is 11.5. The molecule has 0 radical (unpaired) electrons. The van der Waals surface area contributed by atoms with Gasteiger partial charge in [-0.1, -0.05) is 17.7 Å². The Bertz CT molecular complexity index is 392. The van der Waals surface area contributed by atoms with Crippen molar-refractivity contribution in [1.82, 2.24) is 0 Å². The fourth-order valence-electron chi connectivity index (χ4n) is 1.18. The molecule has 2 amide bonds. The van der Waals surface area contributed by atoms with E-state index in [2.05, 4.69) is 5.32 Å². The van der Waals surface area contributed by atoms with Crippen molar-refractivity contribution in [2.75, 3.05) is 5.32 Å². The minimum Gasteiger partial charge on any atom is -0.370 e. The van der Waals surface area contributed by atoms with Crippen molar-refractivity contribution in [3.63, 3.8) is 0 Å². The van der Waals surface area contributed by atoms with Gasteiger partial charge in [0, 0.05) is 5.69 Å². The Morgan fingerprint density at radius 1 is 1.29 bits per heavy atom. The van der Waals surface area contributed by atoms with Gasteiger partial charge >= 0.3 is 0 Å². The summed E-state index contributed by atoms with van der Waals surface area (Å²) in [6, 6.07) is 6.37. The molecule has 1 aromatic rings. The quantitative estimate of drug-likeness (QED) is 0.735. The van der Waals surface area contributed by atoms with Crippen molar-refractivity contribution in [3.05, 3.63) is 29.8 Å². The average Bonchev–Trinajstić information content (AvgIpc) is 2.20. The van der Waals surface area contributed by atoms with Crippen LogP contribution in [0.2, 0.25) is 0 Å². The molecule has 5 nitrogen and oxygen atoms in total. The van der Waals surface area contributed by atoms with Gasteiger partial charge in [-0.15, -0.1) is 12.4 Å². The first-order chi connectivity index (χ1) is 7.49. The van der Waals surface area contributed by atoms with Crippen LogP contribution in [0.3, 0.4) is 0 Å². The van der Waals surface area contributed by atoms with Gasteiger partial charge in [-0.05, 0) is 19.1 Å². The second kappa shape index (κ2) is 6.88. The van der Waals surface area contributed by atoms with Crippen molar-refractivity contribution < 1.29 is 9.59 Å². The molecule has 1 aromatic carbocycles.